The van der Waals surface area contributed by atoms with Crippen LogP contribution in [0.25, 0.3) is 0 Å². The Kier molecular flexibility index (Phi) is 17.2. The maximum absolute atomic E-state index is 12.9. The van der Waals surface area contributed by atoms with Gasteiger partial charge in [-0.15, -0.1) is 0 Å². The minimum Gasteiger partial charge on any atom is -0.373 e. The lowest BCUT2D eigenvalue weighted by atomic mass is 9.76. The van der Waals surface area contributed by atoms with Crippen molar-refractivity contribution in [3.63, 3.8) is 0 Å². The third-order valence-electron chi connectivity index (χ3n) is 10.5. The van der Waals surface area contributed by atoms with E-state index in [-0.39, 0.29) is 72.9 Å². The quantitative estimate of drug-likeness (QED) is 0.160. The lowest BCUT2D eigenvalue weighted by molar-refractivity contribution is -0.0247. The molecule has 0 saturated carbocycles. The molecule has 0 amide bonds. The first-order valence-corrected chi connectivity index (χ1v) is 23.1. The van der Waals surface area contributed by atoms with Crippen molar-refractivity contribution in [2.75, 3.05) is 19.9 Å². The van der Waals surface area contributed by atoms with Crippen molar-refractivity contribution >= 4 is 15.4 Å². The van der Waals surface area contributed by atoms with E-state index in [2.05, 4.69) is 69.2 Å². The van der Waals surface area contributed by atoms with Crippen LogP contribution in [0.1, 0.15) is 129 Å². The predicted molar refractivity (Wildman–Crippen MR) is 201 cm³/mol. The highest BCUT2D eigenvalue weighted by atomic mass is 31.2. The molecule has 51 heavy (non-hydrogen) atoms. The predicted octanol–water partition coefficient (Wildman–Crippen LogP) is 9.44. The SMILES string of the molecule is CC(C)C[C@H]1O[C@@H](C)CC1OP(=O)(O)OC[C@H]1O[C@@H](C)CC1C(C)(C)C.CC(C)C[C@H]1O[C@@H](C)CC1OP(C)(=O)OC[C@H]1O[C@@H](C)CC1C(C)C. The van der Waals surface area contributed by atoms with Crippen LogP contribution in [0.4, 0.5) is 0 Å². The number of rotatable bonds is 15. The maximum Gasteiger partial charge on any atom is 0.472 e. The van der Waals surface area contributed by atoms with E-state index in [1.54, 1.807) is 6.66 Å². The number of ether oxygens (including phenoxy) is 4. The molecule has 4 rings (SSSR count). The van der Waals surface area contributed by atoms with Crippen molar-refractivity contribution in [1.82, 2.24) is 0 Å². The monoisotopic (exact) mass is 768 g/mol. The van der Waals surface area contributed by atoms with Crippen molar-refractivity contribution in [1.29, 1.82) is 0 Å². The molecule has 11 nitrogen and oxygen atoms in total. The van der Waals surface area contributed by atoms with Gasteiger partial charge in [0.2, 0.25) is 0 Å². The van der Waals surface area contributed by atoms with E-state index < -0.39 is 21.5 Å². The molecule has 4 aliphatic heterocycles. The highest BCUT2D eigenvalue weighted by molar-refractivity contribution is 7.53. The summed E-state index contributed by atoms with van der Waals surface area (Å²) in [5.74, 6) is 2.19. The standard InChI is InChI=1S/C19H37O6P.C19H37O5P/c1-12(2)8-16-17(10-14(4)23-16)25-26(20,21)22-11-18-15(19(5,6)7)9-13(3)24-18;1-12(2)8-17-18(10-15(6)22-17)24-25(7,20)21-11-19-16(13(3)4)9-14(5)23-19/h12-18H,8-11H2,1-7H3,(H,20,21);12-19H,8-11H2,1-7H3/t13-,14-,15?,16+,17?,18+;14-,15-,16?,17+,18?,19+,25?/m00/s1. The Morgan fingerprint density at radius 3 is 1.57 bits per heavy atom. The van der Waals surface area contributed by atoms with E-state index in [9.17, 15) is 14.0 Å². The zero-order chi connectivity index (χ0) is 38.5. The summed E-state index contributed by atoms with van der Waals surface area (Å²) in [6, 6.07) is 0. The molecule has 4 fully saturated rings. The molecule has 6 unspecified atom stereocenters. The number of hydrogen-bond donors (Lipinski definition) is 1. The second kappa shape index (κ2) is 19.3. The van der Waals surface area contributed by atoms with Gasteiger partial charge in [-0.1, -0.05) is 62.3 Å². The Bertz CT molecular complexity index is 1140. The molecule has 0 aliphatic carbocycles. The maximum atomic E-state index is 12.9. The van der Waals surface area contributed by atoms with Crippen LogP contribution >= 0.6 is 15.4 Å². The van der Waals surface area contributed by atoms with Gasteiger partial charge in [-0.3, -0.25) is 13.6 Å². The van der Waals surface area contributed by atoms with E-state index in [0.29, 0.717) is 36.7 Å². The summed E-state index contributed by atoms with van der Waals surface area (Å²) in [5, 5.41) is 0. The van der Waals surface area contributed by atoms with Gasteiger partial charge in [-0.05, 0) is 88.4 Å². The van der Waals surface area contributed by atoms with Gasteiger partial charge < -0.3 is 32.9 Å². The van der Waals surface area contributed by atoms with E-state index in [0.717, 1.165) is 32.1 Å². The molecule has 4 heterocycles. The normalized spacial score (nSPS) is 38.3. The minimum absolute atomic E-state index is 0.00181. The Balaban J connectivity index is 0.000000276. The zero-order valence-electron chi connectivity index (χ0n) is 34.2. The third kappa shape index (κ3) is 14.9. The van der Waals surface area contributed by atoms with E-state index in [1.165, 1.54) is 0 Å². The van der Waals surface area contributed by atoms with Gasteiger partial charge in [0.1, 0.15) is 0 Å². The summed E-state index contributed by atoms with van der Waals surface area (Å²) in [5.41, 5.74) is 0.0518. The van der Waals surface area contributed by atoms with Gasteiger partial charge >= 0.3 is 15.4 Å². The molecular weight excluding hydrogens is 694 g/mol. The fourth-order valence-electron chi connectivity index (χ4n) is 8.14. The van der Waals surface area contributed by atoms with Crippen LogP contribution in [0, 0.1) is 35.0 Å². The minimum atomic E-state index is -4.16. The molecule has 302 valence electrons. The summed E-state index contributed by atoms with van der Waals surface area (Å²) in [7, 11) is -7.30. The molecule has 4 aliphatic rings. The number of phosphoric acid groups is 1. The Labute approximate surface area is 310 Å². The van der Waals surface area contributed by atoms with Crippen LogP contribution in [-0.2, 0) is 46.2 Å². The third-order valence-corrected chi connectivity index (χ3v) is 12.8. The van der Waals surface area contributed by atoms with Gasteiger partial charge in [-0.2, -0.15) is 0 Å². The smallest absolute Gasteiger partial charge is 0.373 e. The fourth-order valence-corrected chi connectivity index (χ4v) is 10.3. The second-order valence-electron chi connectivity index (χ2n) is 18.1. The molecule has 0 aromatic heterocycles. The van der Waals surface area contributed by atoms with Crippen LogP contribution in [-0.4, -0.2) is 85.8 Å². The van der Waals surface area contributed by atoms with Gasteiger partial charge in [0.25, 0.3) is 0 Å². The Morgan fingerprint density at radius 2 is 1.08 bits per heavy atom. The van der Waals surface area contributed by atoms with Crippen LogP contribution in [0.15, 0.2) is 0 Å². The molecule has 0 radical (unpaired) electrons. The fraction of sp³-hybridized carbons (Fsp3) is 1.00. The van der Waals surface area contributed by atoms with Crippen LogP contribution in [0.2, 0.25) is 0 Å². The van der Waals surface area contributed by atoms with Crippen molar-refractivity contribution in [3.05, 3.63) is 0 Å². The van der Waals surface area contributed by atoms with Crippen molar-refractivity contribution < 1.29 is 51.1 Å². The lowest BCUT2D eigenvalue weighted by Crippen LogP contribution is -2.32. The molecule has 0 spiro atoms. The summed E-state index contributed by atoms with van der Waals surface area (Å²) < 4.78 is 71.6. The van der Waals surface area contributed by atoms with Crippen molar-refractivity contribution in [2.45, 2.75) is 190 Å². The van der Waals surface area contributed by atoms with E-state index in [4.69, 9.17) is 37.0 Å². The molecule has 14 atom stereocenters. The molecule has 4 saturated heterocycles. The summed E-state index contributed by atoms with van der Waals surface area (Å²) in [6.45, 7) is 29.5. The van der Waals surface area contributed by atoms with Crippen molar-refractivity contribution in [2.24, 2.45) is 35.0 Å². The van der Waals surface area contributed by atoms with Gasteiger partial charge in [0.15, 0.2) is 0 Å². The lowest BCUT2D eigenvalue weighted by Gasteiger charge is -2.31. The van der Waals surface area contributed by atoms with E-state index >= 15 is 0 Å². The topological polar surface area (TPSA) is 128 Å². The molecular formula is C38H74O11P2. The van der Waals surface area contributed by atoms with Gasteiger partial charge in [0.05, 0.1) is 74.3 Å². The average molecular weight is 769 g/mol. The first kappa shape index (κ1) is 45.5. The first-order chi connectivity index (χ1) is 23.4. The Hall–Kier alpha value is 0.1000. The molecule has 0 aromatic rings. The van der Waals surface area contributed by atoms with Crippen molar-refractivity contribution in [3.8, 4) is 0 Å². The van der Waals surface area contributed by atoms with Crippen LogP contribution in [0.5, 0.6) is 0 Å². The van der Waals surface area contributed by atoms with Crippen LogP contribution < -0.4 is 0 Å². The Morgan fingerprint density at radius 1 is 0.647 bits per heavy atom. The highest BCUT2D eigenvalue weighted by Gasteiger charge is 2.44. The second-order valence-corrected chi connectivity index (χ2v) is 21.6. The van der Waals surface area contributed by atoms with Gasteiger partial charge in [-0.25, -0.2) is 4.57 Å². The first-order valence-electron chi connectivity index (χ1n) is 19.6. The number of hydrogen-bond acceptors (Lipinski definition) is 10. The zero-order valence-corrected chi connectivity index (χ0v) is 36.0. The van der Waals surface area contributed by atoms with Gasteiger partial charge in [0, 0.05) is 19.5 Å². The largest absolute Gasteiger partial charge is 0.472 e. The number of phosphoric ester groups is 1. The van der Waals surface area contributed by atoms with Crippen LogP contribution in [0.3, 0.4) is 0 Å². The van der Waals surface area contributed by atoms with E-state index in [1.807, 2.05) is 20.8 Å². The molecule has 0 bridgehead atoms. The molecule has 1 N–H and O–H groups in total. The summed E-state index contributed by atoms with van der Waals surface area (Å²) in [4.78, 5) is 10.2. The summed E-state index contributed by atoms with van der Waals surface area (Å²) in [6.07, 6.45) is 4.63. The average Bonchev–Trinajstić information content (AvgIpc) is 3.71. The highest BCUT2D eigenvalue weighted by Crippen LogP contribution is 2.51. The molecule has 0 aromatic carbocycles. The molecule has 13 heteroatoms. The summed E-state index contributed by atoms with van der Waals surface area (Å²) >= 11 is 0.